The van der Waals surface area contributed by atoms with E-state index in [-0.39, 0.29) is 17.2 Å². The van der Waals surface area contributed by atoms with Gasteiger partial charge in [-0.15, -0.1) is 0 Å². The van der Waals surface area contributed by atoms with Crippen LogP contribution in [0.25, 0.3) is 0 Å². The number of fused-ring (bicyclic) bond motifs is 1. The molecule has 9 heteroatoms. The van der Waals surface area contributed by atoms with Gasteiger partial charge in [0.25, 0.3) is 15.9 Å². The lowest BCUT2D eigenvalue weighted by Gasteiger charge is -2.34. The number of rotatable bonds is 7. The van der Waals surface area contributed by atoms with E-state index >= 15 is 0 Å². The van der Waals surface area contributed by atoms with Crippen LogP contribution in [-0.4, -0.2) is 47.3 Å². The molecule has 2 N–H and O–H groups in total. The molecule has 1 amide bonds. The number of carbonyl (C=O) groups is 1. The molecule has 0 fully saturated rings. The Morgan fingerprint density at radius 2 is 1.89 bits per heavy atom. The van der Waals surface area contributed by atoms with Gasteiger partial charge in [-0.05, 0) is 36.4 Å². The van der Waals surface area contributed by atoms with Crippen LogP contribution in [0.3, 0.4) is 0 Å². The number of anilines is 1. The summed E-state index contributed by atoms with van der Waals surface area (Å²) in [4.78, 5) is 11.7. The largest absolute Gasteiger partial charge is 0.491 e. The molecule has 0 saturated heterocycles. The maximum absolute atomic E-state index is 13.1. The number of primary amides is 1. The molecule has 0 unspecified atom stereocenters. The minimum Gasteiger partial charge on any atom is -0.491 e. The standard InChI is InChI=1S/C18H20N2O6S/c1-24-10-11-25-13-6-8-14(9-7-13)27(22,23)20-12-17(18(19)21)26-16-5-3-2-4-15(16)20/h2-9,17H,10-12H2,1H3,(H2,19,21)/t17-/m1/s1. The van der Waals surface area contributed by atoms with Crippen LogP contribution in [0, 0.1) is 0 Å². The van der Waals surface area contributed by atoms with Crippen molar-refractivity contribution in [1.82, 2.24) is 0 Å². The minimum absolute atomic E-state index is 0.0708. The summed E-state index contributed by atoms with van der Waals surface area (Å²) >= 11 is 0. The van der Waals surface area contributed by atoms with Crippen molar-refractivity contribution in [3.05, 3.63) is 48.5 Å². The summed E-state index contributed by atoms with van der Waals surface area (Å²) in [6.07, 6.45) is -1.06. The first kappa shape index (κ1) is 19.0. The van der Waals surface area contributed by atoms with Gasteiger partial charge in [-0.25, -0.2) is 8.42 Å². The Kier molecular flexibility index (Phi) is 5.52. The van der Waals surface area contributed by atoms with E-state index < -0.39 is 22.0 Å². The van der Waals surface area contributed by atoms with Gasteiger partial charge in [0.15, 0.2) is 6.10 Å². The van der Waals surface area contributed by atoms with Crippen molar-refractivity contribution >= 4 is 21.6 Å². The number of benzene rings is 2. The van der Waals surface area contributed by atoms with Crippen molar-refractivity contribution in [1.29, 1.82) is 0 Å². The molecule has 0 bridgehead atoms. The molecule has 0 saturated carbocycles. The van der Waals surface area contributed by atoms with Gasteiger partial charge in [0.2, 0.25) is 0 Å². The number of sulfonamides is 1. The number of amides is 1. The highest BCUT2D eigenvalue weighted by molar-refractivity contribution is 7.92. The van der Waals surface area contributed by atoms with Crippen LogP contribution in [0.5, 0.6) is 11.5 Å². The van der Waals surface area contributed by atoms with Gasteiger partial charge in [-0.1, -0.05) is 12.1 Å². The monoisotopic (exact) mass is 392 g/mol. The van der Waals surface area contributed by atoms with E-state index in [1.54, 1.807) is 43.5 Å². The first-order valence-electron chi connectivity index (χ1n) is 8.23. The van der Waals surface area contributed by atoms with E-state index in [1.165, 1.54) is 12.1 Å². The summed E-state index contributed by atoms with van der Waals surface area (Å²) in [5.41, 5.74) is 5.69. The Labute approximate surface area is 157 Å². The second kappa shape index (κ2) is 7.85. The highest BCUT2D eigenvalue weighted by atomic mass is 32.2. The van der Waals surface area contributed by atoms with E-state index in [2.05, 4.69) is 0 Å². The number of hydrogen-bond donors (Lipinski definition) is 1. The summed E-state index contributed by atoms with van der Waals surface area (Å²) in [5.74, 6) is 0.0885. The third kappa shape index (κ3) is 3.99. The van der Waals surface area contributed by atoms with Crippen molar-refractivity contribution in [2.24, 2.45) is 5.73 Å². The number of nitrogens with two attached hydrogens (primary N) is 1. The van der Waals surface area contributed by atoms with Crippen LogP contribution in [0.2, 0.25) is 0 Å². The molecular formula is C18H20N2O6S. The molecule has 0 radical (unpaired) electrons. The molecule has 1 heterocycles. The molecule has 0 aliphatic carbocycles. The van der Waals surface area contributed by atoms with E-state index in [9.17, 15) is 13.2 Å². The SMILES string of the molecule is COCCOc1ccc(S(=O)(=O)N2C[C@H](C(N)=O)Oc3ccccc32)cc1. The van der Waals surface area contributed by atoms with Crippen molar-refractivity contribution in [3.8, 4) is 11.5 Å². The van der Waals surface area contributed by atoms with Gasteiger partial charge in [-0.3, -0.25) is 9.10 Å². The zero-order valence-corrected chi connectivity index (χ0v) is 15.5. The maximum Gasteiger partial charge on any atom is 0.264 e. The Hall–Kier alpha value is -2.78. The van der Waals surface area contributed by atoms with Crippen molar-refractivity contribution in [3.63, 3.8) is 0 Å². The average molecular weight is 392 g/mol. The van der Waals surface area contributed by atoms with Crippen LogP contribution in [0.15, 0.2) is 53.4 Å². The zero-order valence-electron chi connectivity index (χ0n) is 14.7. The van der Waals surface area contributed by atoms with Gasteiger partial charge >= 0.3 is 0 Å². The molecule has 0 aromatic heterocycles. The van der Waals surface area contributed by atoms with Crippen LogP contribution in [-0.2, 0) is 19.6 Å². The number of carbonyl (C=O) groups excluding carboxylic acids is 1. The lowest BCUT2D eigenvalue weighted by Crippen LogP contribution is -2.49. The third-order valence-corrected chi connectivity index (χ3v) is 5.81. The summed E-state index contributed by atoms with van der Waals surface area (Å²) in [6.45, 7) is 0.597. The molecule has 8 nitrogen and oxygen atoms in total. The number of nitrogens with zero attached hydrogens (tertiary/aromatic N) is 1. The van der Waals surface area contributed by atoms with Crippen LogP contribution < -0.4 is 19.5 Å². The fraction of sp³-hybridized carbons (Fsp3) is 0.278. The van der Waals surface area contributed by atoms with E-state index in [0.29, 0.717) is 24.7 Å². The Morgan fingerprint density at radius 3 is 2.56 bits per heavy atom. The molecule has 0 spiro atoms. The number of ether oxygens (including phenoxy) is 3. The van der Waals surface area contributed by atoms with Crippen LogP contribution in [0.4, 0.5) is 5.69 Å². The van der Waals surface area contributed by atoms with Crippen LogP contribution >= 0.6 is 0 Å². The fourth-order valence-electron chi connectivity index (χ4n) is 2.66. The van der Waals surface area contributed by atoms with E-state index in [1.807, 2.05) is 0 Å². The molecule has 1 aliphatic rings. The van der Waals surface area contributed by atoms with Gasteiger partial charge in [0, 0.05) is 7.11 Å². The molecule has 2 aromatic rings. The molecule has 2 aromatic carbocycles. The fourth-order valence-corrected chi connectivity index (χ4v) is 4.13. The Morgan fingerprint density at radius 1 is 1.19 bits per heavy atom. The minimum atomic E-state index is -3.92. The van der Waals surface area contributed by atoms with Gasteiger partial charge < -0.3 is 19.9 Å². The van der Waals surface area contributed by atoms with Crippen LogP contribution in [0.1, 0.15) is 0 Å². The van der Waals surface area contributed by atoms with Gasteiger partial charge in [-0.2, -0.15) is 0 Å². The van der Waals surface area contributed by atoms with E-state index in [0.717, 1.165) is 4.31 Å². The van der Waals surface area contributed by atoms with Crippen molar-refractivity contribution in [2.75, 3.05) is 31.2 Å². The topological polar surface area (TPSA) is 108 Å². The Balaban J connectivity index is 1.90. The first-order valence-corrected chi connectivity index (χ1v) is 9.67. The summed E-state index contributed by atoms with van der Waals surface area (Å²) < 4.78 is 43.3. The third-order valence-electron chi connectivity index (χ3n) is 4.02. The highest BCUT2D eigenvalue weighted by Crippen LogP contribution is 2.36. The van der Waals surface area contributed by atoms with Crippen molar-refractivity contribution < 1.29 is 27.4 Å². The molecule has 1 atom stereocenters. The Bertz CT molecular complexity index is 914. The van der Waals surface area contributed by atoms with Crippen molar-refractivity contribution in [2.45, 2.75) is 11.0 Å². The second-order valence-electron chi connectivity index (χ2n) is 5.83. The van der Waals surface area contributed by atoms with Gasteiger partial charge in [0.1, 0.15) is 18.1 Å². The first-order chi connectivity index (χ1) is 12.9. The molecule has 3 rings (SSSR count). The quantitative estimate of drug-likeness (QED) is 0.708. The second-order valence-corrected chi connectivity index (χ2v) is 7.69. The average Bonchev–Trinajstić information content (AvgIpc) is 2.67. The molecular weight excluding hydrogens is 372 g/mol. The normalized spacial score (nSPS) is 16.3. The summed E-state index contributed by atoms with van der Waals surface area (Å²) in [7, 11) is -2.35. The highest BCUT2D eigenvalue weighted by Gasteiger charge is 2.36. The summed E-state index contributed by atoms with van der Waals surface area (Å²) in [5, 5.41) is 0. The zero-order chi connectivity index (χ0) is 19.4. The number of methoxy groups -OCH3 is 1. The van der Waals surface area contributed by atoms with Gasteiger partial charge in [0.05, 0.1) is 23.7 Å². The smallest absolute Gasteiger partial charge is 0.264 e. The lowest BCUT2D eigenvalue weighted by molar-refractivity contribution is -0.124. The predicted octanol–water partition coefficient (Wildman–Crippen LogP) is 1.15. The predicted molar refractivity (Wildman–Crippen MR) is 98.4 cm³/mol. The maximum atomic E-state index is 13.1. The molecule has 1 aliphatic heterocycles. The number of hydrogen-bond acceptors (Lipinski definition) is 6. The summed E-state index contributed by atoms with van der Waals surface area (Å²) in [6, 6.07) is 12.7. The lowest BCUT2D eigenvalue weighted by atomic mass is 10.2. The molecule has 144 valence electrons. The number of para-hydroxylation sites is 2. The molecule has 27 heavy (non-hydrogen) atoms. The van der Waals surface area contributed by atoms with E-state index in [4.69, 9.17) is 19.9 Å².